The van der Waals surface area contributed by atoms with Gasteiger partial charge in [-0.3, -0.25) is 9.69 Å². The molecular weight excluding hydrogens is 424 g/mol. The molecule has 4 rings (SSSR count). The Bertz CT molecular complexity index is 1210. The summed E-state index contributed by atoms with van der Waals surface area (Å²) in [5.74, 6) is 0.700. The Morgan fingerprint density at radius 2 is 1.53 bits per heavy atom. The van der Waals surface area contributed by atoms with Gasteiger partial charge >= 0.3 is 0 Å². The molecule has 1 heterocycles. The van der Waals surface area contributed by atoms with Gasteiger partial charge in [-0.1, -0.05) is 24.3 Å². The zero-order valence-corrected chi connectivity index (χ0v) is 19.1. The summed E-state index contributed by atoms with van der Waals surface area (Å²) in [6.45, 7) is 4.12. The van der Waals surface area contributed by atoms with Crippen LogP contribution in [0.5, 0.6) is 5.75 Å². The smallest absolute Gasteiger partial charge is 0.251 e. The van der Waals surface area contributed by atoms with E-state index in [0.29, 0.717) is 29.8 Å². The van der Waals surface area contributed by atoms with E-state index < -0.39 is 0 Å². The number of carbonyl (C=O) groups excluding carboxylic acids is 1. The fraction of sp³-hybridized carbons (Fsp3) is 0.250. The van der Waals surface area contributed by atoms with Crippen molar-refractivity contribution in [1.29, 1.82) is 10.5 Å². The van der Waals surface area contributed by atoms with E-state index in [4.69, 9.17) is 10.00 Å². The second-order valence-electron chi connectivity index (χ2n) is 8.28. The van der Waals surface area contributed by atoms with E-state index in [9.17, 15) is 10.1 Å². The molecule has 3 aromatic carbocycles. The van der Waals surface area contributed by atoms with Gasteiger partial charge in [0.05, 0.1) is 35.9 Å². The van der Waals surface area contributed by atoms with Crippen LogP contribution in [0.2, 0.25) is 0 Å². The summed E-state index contributed by atoms with van der Waals surface area (Å²) in [5.41, 5.74) is 3.94. The quantitative estimate of drug-likeness (QED) is 0.575. The lowest BCUT2D eigenvalue weighted by molar-refractivity contribution is 0.0937. The third kappa shape index (κ3) is 5.26. The van der Waals surface area contributed by atoms with Gasteiger partial charge in [0.2, 0.25) is 0 Å². The molecule has 1 N–H and O–H groups in total. The first-order valence-electron chi connectivity index (χ1n) is 11.4. The van der Waals surface area contributed by atoms with Gasteiger partial charge in [-0.2, -0.15) is 10.5 Å². The normalized spacial score (nSPS) is 16.3. The zero-order chi connectivity index (χ0) is 23.9. The van der Waals surface area contributed by atoms with E-state index in [0.717, 1.165) is 29.8 Å². The first-order valence-corrected chi connectivity index (χ1v) is 11.4. The SMILES string of the molecule is CCOc1ccc([C@@H](c2ccc(C#N)cc2)N2CCC(NC(=O)c3ccc(C#N)cc3)C2)cc1. The Balaban J connectivity index is 1.52. The Hall–Kier alpha value is -4.13. The molecule has 1 amide bonds. The van der Waals surface area contributed by atoms with Crippen LogP contribution < -0.4 is 10.1 Å². The summed E-state index contributed by atoms with van der Waals surface area (Å²) >= 11 is 0. The molecule has 1 saturated heterocycles. The van der Waals surface area contributed by atoms with Crippen molar-refractivity contribution in [3.8, 4) is 17.9 Å². The van der Waals surface area contributed by atoms with Crippen LogP contribution in [0, 0.1) is 22.7 Å². The van der Waals surface area contributed by atoms with Gasteiger partial charge in [0, 0.05) is 24.7 Å². The maximum Gasteiger partial charge on any atom is 0.251 e. The summed E-state index contributed by atoms with van der Waals surface area (Å²) < 4.78 is 5.60. The number of carbonyl (C=O) groups is 1. The van der Waals surface area contributed by atoms with Crippen molar-refractivity contribution >= 4 is 5.91 Å². The average Bonchev–Trinajstić information content (AvgIpc) is 3.33. The third-order valence-corrected chi connectivity index (χ3v) is 6.06. The largest absolute Gasteiger partial charge is 0.494 e. The van der Waals surface area contributed by atoms with Gasteiger partial charge in [-0.05, 0) is 73.0 Å². The first-order chi connectivity index (χ1) is 16.6. The number of amides is 1. The Morgan fingerprint density at radius 3 is 2.09 bits per heavy atom. The van der Waals surface area contributed by atoms with Crippen molar-refractivity contribution in [3.05, 3.63) is 101 Å². The molecule has 170 valence electrons. The first kappa shape index (κ1) is 23.0. The minimum absolute atomic E-state index is 0.000216. The maximum absolute atomic E-state index is 12.7. The molecule has 1 unspecified atom stereocenters. The lowest BCUT2D eigenvalue weighted by atomic mass is 9.96. The topological polar surface area (TPSA) is 89.2 Å². The minimum Gasteiger partial charge on any atom is -0.494 e. The van der Waals surface area contributed by atoms with Crippen LogP contribution in [-0.4, -0.2) is 36.5 Å². The van der Waals surface area contributed by atoms with Gasteiger partial charge in [0.15, 0.2) is 0 Å². The van der Waals surface area contributed by atoms with Crippen LogP contribution in [0.25, 0.3) is 0 Å². The van der Waals surface area contributed by atoms with Gasteiger partial charge < -0.3 is 10.1 Å². The van der Waals surface area contributed by atoms with Gasteiger partial charge in [-0.25, -0.2) is 0 Å². The number of benzene rings is 3. The summed E-state index contributed by atoms with van der Waals surface area (Å²) in [7, 11) is 0. The molecule has 3 aromatic rings. The van der Waals surface area contributed by atoms with Gasteiger partial charge in [-0.15, -0.1) is 0 Å². The molecule has 0 aliphatic carbocycles. The number of nitrogens with zero attached hydrogens (tertiary/aromatic N) is 3. The highest BCUT2D eigenvalue weighted by atomic mass is 16.5. The molecule has 0 aromatic heterocycles. The van der Waals surface area contributed by atoms with Crippen molar-refractivity contribution < 1.29 is 9.53 Å². The van der Waals surface area contributed by atoms with Crippen molar-refractivity contribution in [1.82, 2.24) is 10.2 Å². The van der Waals surface area contributed by atoms with E-state index in [1.165, 1.54) is 0 Å². The van der Waals surface area contributed by atoms with Crippen LogP contribution in [-0.2, 0) is 0 Å². The Labute approximate surface area is 200 Å². The Kier molecular flexibility index (Phi) is 7.22. The van der Waals surface area contributed by atoms with Crippen molar-refractivity contribution in [2.75, 3.05) is 19.7 Å². The predicted octanol–water partition coefficient (Wildman–Crippen LogP) is 4.42. The molecule has 6 heteroatoms. The van der Waals surface area contributed by atoms with E-state index >= 15 is 0 Å². The van der Waals surface area contributed by atoms with Crippen LogP contribution in [0.3, 0.4) is 0 Å². The Morgan fingerprint density at radius 1 is 0.971 bits per heavy atom. The maximum atomic E-state index is 12.7. The summed E-state index contributed by atoms with van der Waals surface area (Å²) in [5, 5.41) is 21.3. The van der Waals surface area contributed by atoms with E-state index in [1.54, 1.807) is 24.3 Å². The number of hydrogen-bond donors (Lipinski definition) is 1. The molecule has 34 heavy (non-hydrogen) atoms. The lowest BCUT2D eigenvalue weighted by Gasteiger charge is -2.29. The van der Waals surface area contributed by atoms with E-state index in [-0.39, 0.29) is 18.0 Å². The number of hydrogen-bond acceptors (Lipinski definition) is 5. The molecule has 0 bridgehead atoms. The fourth-order valence-corrected chi connectivity index (χ4v) is 4.37. The van der Waals surface area contributed by atoms with Gasteiger partial charge in [0.1, 0.15) is 5.75 Å². The minimum atomic E-state index is -0.132. The predicted molar refractivity (Wildman–Crippen MR) is 129 cm³/mol. The summed E-state index contributed by atoms with van der Waals surface area (Å²) in [6.07, 6.45) is 0.839. The highest BCUT2D eigenvalue weighted by Crippen LogP contribution is 2.33. The molecule has 1 fully saturated rings. The van der Waals surface area contributed by atoms with Crippen molar-refractivity contribution in [2.45, 2.75) is 25.4 Å². The molecule has 6 nitrogen and oxygen atoms in total. The summed E-state index contributed by atoms with van der Waals surface area (Å²) in [4.78, 5) is 15.1. The average molecular weight is 451 g/mol. The highest BCUT2D eigenvalue weighted by Gasteiger charge is 2.31. The standard InChI is InChI=1S/C28H26N4O2/c1-2-34-26-13-11-23(12-14-26)27(22-7-3-20(17-29)4-8-22)32-16-15-25(19-32)31-28(33)24-9-5-21(18-30)6-10-24/h3-14,25,27H,2,15-16,19H2,1H3,(H,31,33)/t25?,27-/m1/s1. The van der Waals surface area contributed by atoms with Crippen molar-refractivity contribution in [2.24, 2.45) is 0 Å². The zero-order valence-electron chi connectivity index (χ0n) is 19.1. The van der Waals surface area contributed by atoms with E-state index in [2.05, 4.69) is 34.5 Å². The number of likely N-dealkylation sites (tertiary alicyclic amines) is 1. The molecular formula is C28H26N4O2. The number of nitriles is 2. The van der Waals surface area contributed by atoms with Crippen LogP contribution in [0.15, 0.2) is 72.8 Å². The monoisotopic (exact) mass is 450 g/mol. The molecule has 0 spiro atoms. The summed E-state index contributed by atoms with van der Waals surface area (Å²) in [6, 6.07) is 26.8. The lowest BCUT2D eigenvalue weighted by Crippen LogP contribution is -2.38. The van der Waals surface area contributed by atoms with Crippen LogP contribution in [0.1, 0.15) is 52.0 Å². The molecule has 1 aliphatic heterocycles. The fourth-order valence-electron chi connectivity index (χ4n) is 4.37. The molecule has 0 radical (unpaired) electrons. The highest BCUT2D eigenvalue weighted by molar-refractivity contribution is 5.94. The number of nitrogens with one attached hydrogen (secondary N) is 1. The van der Waals surface area contributed by atoms with Gasteiger partial charge in [0.25, 0.3) is 5.91 Å². The van der Waals surface area contributed by atoms with Crippen molar-refractivity contribution in [3.63, 3.8) is 0 Å². The third-order valence-electron chi connectivity index (χ3n) is 6.06. The second-order valence-corrected chi connectivity index (χ2v) is 8.28. The number of ether oxygens (including phenoxy) is 1. The second kappa shape index (κ2) is 10.7. The molecule has 1 aliphatic rings. The van der Waals surface area contributed by atoms with Crippen LogP contribution >= 0.6 is 0 Å². The molecule has 0 saturated carbocycles. The van der Waals surface area contributed by atoms with Crippen LogP contribution in [0.4, 0.5) is 0 Å². The number of rotatable bonds is 7. The molecule has 2 atom stereocenters. The van der Waals surface area contributed by atoms with E-state index in [1.807, 2.05) is 43.3 Å².